The van der Waals surface area contributed by atoms with E-state index in [9.17, 15) is 9.90 Å². The number of halogens is 2. The van der Waals surface area contributed by atoms with E-state index in [0.29, 0.717) is 43.4 Å². The molecule has 2 aromatic heterocycles. The summed E-state index contributed by atoms with van der Waals surface area (Å²) in [6.07, 6.45) is 2.83. The molecule has 0 aliphatic heterocycles. The molecule has 37 heavy (non-hydrogen) atoms. The van der Waals surface area contributed by atoms with E-state index in [-0.39, 0.29) is 10.9 Å². The van der Waals surface area contributed by atoms with Crippen LogP contribution in [0.25, 0.3) is 38.2 Å². The molecule has 0 bridgehead atoms. The Morgan fingerprint density at radius 1 is 1.03 bits per heavy atom. The predicted molar refractivity (Wildman–Crippen MR) is 154 cm³/mol. The van der Waals surface area contributed by atoms with Crippen molar-refractivity contribution in [3.05, 3.63) is 94.7 Å². The van der Waals surface area contributed by atoms with Crippen LogP contribution >= 0.6 is 46.8 Å². The van der Waals surface area contributed by atoms with Crippen molar-refractivity contribution in [3.8, 4) is 27.6 Å². The maximum Gasteiger partial charge on any atom is 0.250 e. The predicted octanol–water partition coefficient (Wildman–Crippen LogP) is 7.76. The molecule has 0 spiro atoms. The zero-order chi connectivity index (χ0) is 25.9. The number of rotatable bonds is 5. The highest BCUT2D eigenvalue weighted by Gasteiger charge is 2.13. The lowest BCUT2D eigenvalue weighted by molar-refractivity contribution is -0.115. The van der Waals surface area contributed by atoms with Crippen molar-refractivity contribution in [2.24, 2.45) is 0 Å². The molecule has 0 unspecified atom stereocenters. The molecule has 0 saturated heterocycles. The SMILES string of the molecule is O=C(/C=C/c1ccc(-c2ccc(Cl)cc2Cl)o1)NC(=S)Nc1ccc(O)c(-c2nc3ccccc3s2)c1. The van der Waals surface area contributed by atoms with Gasteiger partial charge in [0.25, 0.3) is 0 Å². The van der Waals surface area contributed by atoms with E-state index in [2.05, 4.69) is 15.6 Å². The van der Waals surface area contributed by atoms with E-state index in [4.69, 9.17) is 39.8 Å². The number of carbonyl (C=O) groups is 1. The molecule has 0 saturated carbocycles. The number of para-hydroxylation sites is 1. The topological polar surface area (TPSA) is 87.4 Å². The molecular formula is C27H17Cl2N3O3S2. The lowest BCUT2D eigenvalue weighted by atomic mass is 10.2. The highest BCUT2D eigenvalue weighted by atomic mass is 35.5. The number of benzene rings is 3. The minimum Gasteiger partial charge on any atom is -0.507 e. The number of aromatic nitrogens is 1. The monoisotopic (exact) mass is 565 g/mol. The van der Waals surface area contributed by atoms with Crippen LogP contribution in [0, 0.1) is 0 Å². The van der Waals surface area contributed by atoms with Gasteiger partial charge in [-0.2, -0.15) is 0 Å². The summed E-state index contributed by atoms with van der Waals surface area (Å²) in [7, 11) is 0. The second kappa shape index (κ2) is 10.7. The number of thiazole rings is 1. The maximum absolute atomic E-state index is 12.4. The maximum atomic E-state index is 12.4. The zero-order valence-corrected chi connectivity index (χ0v) is 22.0. The van der Waals surface area contributed by atoms with Gasteiger partial charge in [0.05, 0.1) is 20.8 Å². The Morgan fingerprint density at radius 3 is 2.68 bits per heavy atom. The number of fused-ring (bicyclic) bond motifs is 1. The second-order valence-corrected chi connectivity index (χ2v) is 10.1. The molecule has 184 valence electrons. The summed E-state index contributed by atoms with van der Waals surface area (Å²) in [5.74, 6) is 0.676. The second-order valence-electron chi connectivity index (χ2n) is 7.82. The van der Waals surface area contributed by atoms with Crippen LogP contribution in [0.4, 0.5) is 5.69 Å². The lowest BCUT2D eigenvalue weighted by Gasteiger charge is -2.10. The van der Waals surface area contributed by atoms with Crippen LogP contribution in [0.1, 0.15) is 5.76 Å². The summed E-state index contributed by atoms with van der Waals surface area (Å²) in [6.45, 7) is 0. The first kappa shape index (κ1) is 25.0. The lowest BCUT2D eigenvalue weighted by Crippen LogP contribution is -2.32. The van der Waals surface area contributed by atoms with Gasteiger partial charge < -0.3 is 14.8 Å². The van der Waals surface area contributed by atoms with Gasteiger partial charge in [0, 0.05) is 22.3 Å². The first-order valence-corrected chi connectivity index (χ1v) is 12.9. The number of phenols is 1. The molecule has 6 nitrogen and oxygen atoms in total. The fraction of sp³-hybridized carbons (Fsp3) is 0. The summed E-state index contributed by atoms with van der Waals surface area (Å²) in [5.41, 5.74) is 2.71. The quantitative estimate of drug-likeness (QED) is 0.115. The van der Waals surface area contributed by atoms with E-state index in [1.807, 2.05) is 24.3 Å². The molecule has 0 atom stereocenters. The Bertz CT molecular complexity index is 1640. The van der Waals surface area contributed by atoms with Gasteiger partial charge in [-0.1, -0.05) is 35.3 Å². The van der Waals surface area contributed by atoms with Crippen molar-refractivity contribution in [1.82, 2.24) is 10.3 Å². The molecule has 0 radical (unpaired) electrons. The molecular weight excluding hydrogens is 549 g/mol. The van der Waals surface area contributed by atoms with Gasteiger partial charge in [-0.15, -0.1) is 11.3 Å². The van der Waals surface area contributed by atoms with Crippen LogP contribution < -0.4 is 10.6 Å². The van der Waals surface area contributed by atoms with Crippen LogP contribution in [0.15, 0.2) is 83.3 Å². The zero-order valence-electron chi connectivity index (χ0n) is 18.9. The van der Waals surface area contributed by atoms with Crippen molar-refractivity contribution in [2.45, 2.75) is 0 Å². The van der Waals surface area contributed by atoms with E-state index < -0.39 is 5.91 Å². The van der Waals surface area contributed by atoms with Crippen molar-refractivity contribution in [1.29, 1.82) is 0 Å². The highest BCUT2D eigenvalue weighted by molar-refractivity contribution is 7.80. The van der Waals surface area contributed by atoms with Crippen LogP contribution in [0.2, 0.25) is 10.0 Å². The highest BCUT2D eigenvalue weighted by Crippen LogP contribution is 2.37. The average molecular weight is 566 g/mol. The summed E-state index contributed by atoms with van der Waals surface area (Å²) in [6, 6.07) is 21.3. The molecule has 1 amide bonds. The van der Waals surface area contributed by atoms with Crippen LogP contribution in [0.3, 0.4) is 0 Å². The molecule has 0 aliphatic rings. The number of anilines is 1. The third kappa shape index (κ3) is 5.84. The number of nitrogens with one attached hydrogen (secondary N) is 2. The smallest absolute Gasteiger partial charge is 0.250 e. The standard InChI is InChI=1S/C27H17Cl2N3O3S2/c28-15-5-9-18(20(29)13-15)23-11-7-17(35-23)8-12-25(34)32-27(36)30-16-6-10-22(33)19(14-16)26-31-21-3-1-2-4-24(21)37-26/h1-14,33H,(H2,30,32,34,36)/b12-8+. The fourth-order valence-electron chi connectivity index (χ4n) is 3.52. The van der Waals surface area contributed by atoms with Gasteiger partial charge in [0.1, 0.15) is 22.3 Å². The molecule has 3 N–H and O–H groups in total. The van der Waals surface area contributed by atoms with Gasteiger partial charge in [-0.25, -0.2) is 4.98 Å². The Hall–Kier alpha value is -3.69. The van der Waals surface area contributed by atoms with Crippen LogP contribution in [-0.2, 0) is 4.79 Å². The van der Waals surface area contributed by atoms with Crippen molar-refractivity contribution < 1.29 is 14.3 Å². The van der Waals surface area contributed by atoms with E-state index in [0.717, 1.165) is 10.2 Å². The Labute approximate surface area is 231 Å². The number of furan rings is 1. The first-order valence-electron chi connectivity index (χ1n) is 10.9. The third-order valence-corrected chi connectivity index (χ3v) is 7.06. The van der Waals surface area contributed by atoms with Crippen molar-refractivity contribution in [2.75, 3.05) is 5.32 Å². The fourth-order valence-corrected chi connectivity index (χ4v) is 5.23. The normalized spacial score (nSPS) is 11.2. The number of hydrogen-bond acceptors (Lipinski definition) is 6. The molecule has 10 heteroatoms. The van der Waals surface area contributed by atoms with Gasteiger partial charge in [0.2, 0.25) is 5.91 Å². The largest absolute Gasteiger partial charge is 0.507 e. The third-order valence-electron chi connectivity index (χ3n) is 5.24. The molecule has 5 rings (SSSR count). The first-order chi connectivity index (χ1) is 17.9. The molecule has 3 aromatic carbocycles. The van der Waals surface area contributed by atoms with Crippen molar-refractivity contribution in [3.63, 3.8) is 0 Å². The number of amides is 1. The van der Waals surface area contributed by atoms with E-state index >= 15 is 0 Å². The number of aromatic hydroxyl groups is 1. The number of thiocarbonyl (C=S) groups is 1. The van der Waals surface area contributed by atoms with Crippen molar-refractivity contribution >= 4 is 79.8 Å². The van der Waals surface area contributed by atoms with Crippen LogP contribution in [-0.4, -0.2) is 21.1 Å². The summed E-state index contributed by atoms with van der Waals surface area (Å²) in [5, 5.41) is 17.7. The summed E-state index contributed by atoms with van der Waals surface area (Å²) >= 11 is 18.9. The molecule has 0 aliphatic carbocycles. The van der Waals surface area contributed by atoms with E-state index in [1.54, 1.807) is 48.5 Å². The van der Waals surface area contributed by atoms with Gasteiger partial charge >= 0.3 is 0 Å². The number of hydrogen-bond donors (Lipinski definition) is 3. The minimum absolute atomic E-state index is 0.0974. The van der Waals surface area contributed by atoms with Gasteiger partial charge in [-0.05, 0) is 79.0 Å². The number of nitrogens with zero attached hydrogens (tertiary/aromatic N) is 1. The average Bonchev–Trinajstić information content (AvgIpc) is 3.51. The minimum atomic E-state index is -0.440. The number of phenolic OH excluding ortho intramolecular Hbond substituents is 1. The summed E-state index contributed by atoms with van der Waals surface area (Å²) in [4.78, 5) is 17.0. The molecule has 5 aromatic rings. The Balaban J connectivity index is 1.23. The van der Waals surface area contributed by atoms with Gasteiger partial charge in [-0.3, -0.25) is 10.1 Å². The Morgan fingerprint density at radius 2 is 1.86 bits per heavy atom. The number of carbonyl (C=O) groups excluding carboxylic acids is 1. The molecule has 2 heterocycles. The van der Waals surface area contributed by atoms with Gasteiger partial charge in [0.15, 0.2) is 5.11 Å². The molecule has 0 fully saturated rings. The Kier molecular flexibility index (Phi) is 7.25. The van der Waals surface area contributed by atoms with E-state index in [1.165, 1.54) is 23.5 Å². The van der Waals surface area contributed by atoms with Crippen LogP contribution in [0.5, 0.6) is 5.75 Å². The summed E-state index contributed by atoms with van der Waals surface area (Å²) < 4.78 is 6.78.